The molecule has 176 valence electrons. The van der Waals surface area contributed by atoms with Gasteiger partial charge < -0.3 is 24.4 Å². The predicted molar refractivity (Wildman–Crippen MR) is 132 cm³/mol. The lowest BCUT2D eigenvalue weighted by Gasteiger charge is -2.23. The van der Waals surface area contributed by atoms with Gasteiger partial charge in [-0.3, -0.25) is 4.79 Å². The fraction of sp³-hybridized carbons (Fsp3) is 0.542. The predicted octanol–water partition coefficient (Wildman–Crippen LogP) is 2.84. The maximum absolute atomic E-state index is 12.3. The van der Waals surface area contributed by atoms with Gasteiger partial charge in [0.2, 0.25) is 11.9 Å². The third-order valence-electron chi connectivity index (χ3n) is 6.80. The van der Waals surface area contributed by atoms with Crippen LogP contribution in [0.4, 0.5) is 11.8 Å². The molecule has 2 saturated heterocycles. The summed E-state index contributed by atoms with van der Waals surface area (Å²) >= 11 is 5.81. The highest BCUT2D eigenvalue weighted by molar-refractivity contribution is 6.27. The molecule has 2 aliphatic heterocycles. The molecule has 0 unspecified atom stereocenters. The molecule has 2 fully saturated rings. The van der Waals surface area contributed by atoms with E-state index in [0.29, 0.717) is 13.1 Å². The molecule has 5 rings (SSSR count). The van der Waals surface area contributed by atoms with E-state index in [-0.39, 0.29) is 24.9 Å². The number of aliphatic hydroxyl groups is 1. The lowest BCUT2D eigenvalue weighted by atomic mass is 10.2. The van der Waals surface area contributed by atoms with Crippen LogP contribution in [0.3, 0.4) is 0 Å². The Morgan fingerprint density at radius 1 is 1.00 bits per heavy atom. The van der Waals surface area contributed by atoms with E-state index in [2.05, 4.69) is 32.6 Å². The Balaban J connectivity index is 1.64. The van der Waals surface area contributed by atoms with Crippen LogP contribution in [0.15, 0.2) is 24.3 Å². The number of carbonyl (C=O) groups is 1. The Bertz CT molecular complexity index is 1140. The molecule has 0 aliphatic carbocycles. The molecule has 2 aliphatic rings. The van der Waals surface area contributed by atoms with Crippen LogP contribution in [0.25, 0.3) is 21.9 Å². The largest absolute Gasteiger partial charge is 0.395 e. The first-order valence-corrected chi connectivity index (χ1v) is 12.5. The van der Waals surface area contributed by atoms with E-state index in [4.69, 9.17) is 21.6 Å². The second kappa shape index (κ2) is 9.73. The van der Waals surface area contributed by atoms with Crippen molar-refractivity contribution in [1.82, 2.24) is 19.4 Å². The van der Waals surface area contributed by atoms with Gasteiger partial charge in [-0.1, -0.05) is 18.2 Å². The number of hydrogen-bond donors (Lipinski definition) is 1. The van der Waals surface area contributed by atoms with Crippen LogP contribution in [0.1, 0.15) is 25.7 Å². The number of fused-ring (bicyclic) bond motifs is 3. The van der Waals surface area contributed by atoms with Crippen molar-refractivity contribution in [3.8, 4) is 0 Å². The Morgan fingerprint density at radius 3 is 2.39 bits per heavy atom. The summed E-state index contributed by atoms with van der Waals surface area (Å²) in [6.45, 7) is 5.22. The van der Waals surface area contributed by atoms with Crippen molar-refractivity contribution >= 4 is 51.2 Å². The molecule has 3 aromatic rings. The van der Waals surface area contributed by atoms with E-state index in [1.54, 1.807) is 4.90 Å². The van der Waals surface area contributed by atoms with Crippen LogP contribution >= 0.6 is 11.6 Å². The van der Waals surface area contributed by atoms with Gasteiger partial charge in [0.1, 0.15) is 17.3 Å². The van der Waals surface area contributed by atoms with E-state index in [9.17, 15) is 9.90 Å². The smallest absolute Gasteiger partial charge is 0.237 e. The molecule has 0 radical (unpaired) electrons. The molecule has 33 heavy (non-hydrogen) atoms. The van der Waals surface area contributed by atoms with Crippen LogP contribution < -0.4 is 9.80 Å². The number of para-hydroxylation sites is 1. The second-order valence-electron chi connectivity index (χ2n) is 8.84. The molecule has 9 heteroatoms. The van der Waals surface area contributed by atoms with Crippen molar-refractivity contribution in [1.29, 1.82) is 0 Å². The molecule has 1 amide bonds. The van der Waals surface area contributed by atoms with Gasteiger partial charge >= 0.3 is 0 Å². The highest BCUT2D eigenvalue weighted by Crippen LogP contribution is 2.37. The summed E-state index contributed by atoms with van der Waals surface area (Å²) in [5.74, 6) is 1.57. The third-order valence-corrected chi connectivity index (χ3v) is 7.03. The summed E-state index contributed by atoms with van der Waals surface area (Å²) in [6.07, 6.45) is 4.69. The van der Waals surface area contributed by atoms with E-state index in [0.717, 1.165) is 59.9 Å². The minimum Gasteiger partial charge on any atom is -0.395 e. The van der Waals surface area contributed by atoms with Crippen molar-refractivity contribution < 1.29 is 9.90 Å². The molecular formula is C24H31ClN6O2. The zero-order chi connectivity index (χ0) is 22.8. The van der Waals surface area contributed by atoms with Crippen molar-refractivity contribution in [2.24, 2.45) is 0 Å². The topological polar surface area (TPSA) is 77.7 Å². The number of hydrogen-bond acceptors (Lipinski definition) is 6. The molecule has 0 spiro atoms. The molecular weight excluding hydrogens is 440 g/mol. The van der Waals surface area contributed by atoms with Gasteiger partial charge in [-0.25, -0.2) is 0 Å². The molecule has 1 aromatic carbocycles. The van der Waals surface area contributed by atoms with Crippen LogP contribution in [0.5, 0.6) is 0 Å². The maximum atomic E-state index is 12.3. The first-order chi connectivity index (χ1) is 16.2. The minimum atomic E-state index is -0.170. The number of carbonyl (C=O) groups excluding carboxylic acids is 1. The second-order valence-corrected chi connectivity index (χ2v) is 9.11. The zero-order valence-electron chi connectivity index (χ0n) is 18.9. The van der Waals surface area contributed by atoms with Crippen LogP contribution in [-0.4, -0.2) is 82.2 Å². The Hall–Kier alpha value is -2.58. The van der Waals surface area contributed by atoms with Gasteiger partial charge in [0.05, 0.1) is 17.5 Å². The van der Waals surface area contributed by atoms with Crippen molar-refractivity contribution in [3.05, 3.63) is 24.3 Å². The molecule has 8 nitrogen and oxygen atoms in total. The standard InChI is InChI=1S/C24H31ClN6O2/c25-17-20(33)28(15-16-32)13-14-31-19-8-2-1-7-18(19)21-22(29-9-3-4-10-29)26-24(27-23(21)31)30-11-5-6-12-30/h1-2,7-8,32H,3-6,9-17H2. The highest BCUT2D eigenvalue weighted by Gasteiger charge is 2.26. The number of halogens is 1. The van der Waals surface area contributed by atoms with Crippen molar-refractivity contribution in [3.63, 3.8) is 0 Å². The first-order valence-electron chi connectivity index (χ1n) is 11.9. The number of rotatable bonds is 8. The van der Waals surface area contributed by atoms with Gasteiger partial charge in [0, 0.05) is 51.2 Å². The molecule has 1 N–H and O–H groups in total. The van der Waals surface area contributed by atoms with Gasteiger partial charge in [0.15, 0.2) is 0 Å². The number of aromatic nitrogens is 3. The Morgan fingerprint density at radius 2 is 1.70 bits per heavy atom. The van der Waals surface area contributed by atoms with E-state index < -0.39 is 0 Å². The van der Waals surface area contributed by atoms with Gasteiger partial charge in [0.25, 0.3) is 0 Å². The quantitative estimate of drug-likeness (QED) is 0.510. The minimum absolute atomic E-state index is 0.0871. The average Bonchev–Trinajstić information content (AvgIpc) is 3.61. The monoisotopic (exact) mass is 470 g/mol. The van der Waals surface area contributed by atoms with Crippen molar-refractivity contribution in [2.45, 2.75) is 32.2 Å². The Kier molecular flexibility index (Phi) is 6.55. The lowest BCUT2D eigenvalue weighted by molar-refractivity contribution is -0.129. The molecule has 0 bridgehead atoms. The maximum Gasteiger partial charge on any atom is 0.237 e. The average molecular weight is 471 g/mol. The van der Waals surface area contributed by atoms with E-state index in [1.807, 2.05) is 6.07 Å². The normalized spacial score (nSPS) is 16.4. The third kappa shape index (κ3) is 4.22. The van der Waals surface area contributed by atoms with Crippen LogP contribution in [0.2, 0.25) is 0 Å². The number of aliphatic hydroxyl groups excluding tert-OH is 1. The van der Waals surface area contributed by atoms with Gasteiger partial charge in [-0.2, -0.15) is 9.97 Å². The first kappa shape index (κ1) is 22.2. The number of alkyl halides is 1. The number of nitrogens with zero attached hydrogens (tertiary/aromatic N) is 6. The fourth-order valence-electron chi connectivity index (χ4n) is 5.13. The summed E-state index contributed by atoms with van der Waals surface area (Å²) in [5, 5.41) is 11.7. The summed E-state index contributed by atoms with van der Waals surface area (Å²) in [7, 11) is 0. The molecule has 4 heterocycles. The fourth-order valence-corrected chi connectivity index (χ4v) is 5.30. The summed E-state index contributed by atoms with van der Waals surface area (Å²) in [6, 6.07) is 8.35. The highest BCUT2D eigenvalue weighted by atomic mass is 35.5. The van der Waals surface area contributed by atoms with Crippen LogP contribution in [-0.2, 0) is 11.3 Å². The molecule has 0 saturated carbocycles. The molecule has 0 atom stereocenters. The van der Waals surface area contributed by atoms with E-state index in [1.165, 1.54) is 25.7 Å². The SMILES string of the molecule is O=C(CCl)N(CCO)CCn1c2ccccc2c2c(N3CCCC3)nc(N3CCCC3)nc21. The molecule has 2 aromatic heterocycles. The number of benzene rings is 1. The van der Waals surface area contributed by atoms with E-state index >= 15 is 0 Å². The summed E-state index contributed by atoms with van der Waals surface area (Å²) in [4.78, 5) is 28.8. The van der Waals surface area contributed by atoms with Crippen LogP contribution in [0, 0.1) is 0 Å². The van der Waals surface area contributed by atoms with Crippen molar-refractivity contribution in [2.75, 3.05) is 61.6 Å². The van der Waals surface area contributed by atoms with Gasteiger partial charge in [-0.15, -0.1) is 11.6 Å². The Labute approximate surface area is 198 Å². The number of amides is 1. The zero-order valence-corrected chi connectivity index (χ0v) is 19.7. The summed E-state index contributed by atoms with van der Waals surface area (Å²) in [5.41, 5.74) is 2.00. The lowest BCUT2D eigenvalue weighted by Crippen LogP contribution is -2.37. The van der Waals surface area contributed by atoms with Gasteiger partial charge in [-0.05, 0) is 31.7 Å². The number of anilines is 2. The summed E-state index contributed by atoms with van der Waals surface area (Å²) < 4.78 is 2.21.